The number of aliphatic hydroxyl groups is 1. The van der Waals surface area contributed by atoms with Crippen LogP contribution in [0.5, 0.6) is 5.75 Å². The topological polar surface area (TPSA) is 62.2 Å². The van der Waals surface area contributed by atoms with Crippen molar-refractivity contribution in [3.8, 4) is 5.75 Å². The zero-order chi connectivity index (χ0) is 17.7. The molecule has 3 rings (SSSR count). The first-order valence-electron chi connectivity index (χ1n) is 8.73. The largest absolute Gasteiger partial charge is 0.481 e. The average Bonchev–Trinajstić information content (AvgIpc) is 2.62. The number of para-hydroxylation sites is 1. The third kappa shape index (κ3) is 4.90. The number of morpholine rings is 1. The molecule has 1 N–H and O–H groups in total. The lowest BCUT2D eigenvalue weighted by molar-refractivity contribution is -0.138. The van der Waals surface area contributed by atoms with E-state index in [-0.39, 0.29) is 18.3 Å². The second-order valence-electron chi connectivity index (χ2n) is 6.71. The van der Waals surface area contributed by atoms with Crippen LogP contribution in [0, 0.1) is 5.82 Å². The Bertz CT molecular complexity index is 584. The summed E-state index contributed by atoms with van der Waals surface area (Å²) in [5.74, 6) is -0.581. The third-order valence-corrected chi connectivity index (χ3v) is 4.86. The first-order chi connectivity index (χ1) is 12.1. The summed E-state index contributed by atoms with van der Waals surface area (Å²) >= 11 is 0. The Kier molecular flexibility index (Phi) is 5.88. The molecule has 0 radical (unpaired) electrons. The van der Waals surface area contributed by atoms with E-state index in [4.69, 9.17) is 9.47 Å². The van der Waals surface area contributed by atoms with Gasteiger partial charge in [-0.1, -0.05) is 12.1 Å². The minimum absolute atomic E-state index is 0.0803. The number of carbonyl (C=O) groups excluding carboxylic acids is 1. The maximum absolute atomic E-state index is 13.5. The number of benzene rings is 1. The van der Waals surface area contributed by atoms with Crippen molar-refractivity contribution >= 4 is 5.91 Å². The van der Waals surface area contributed by atoms with Gasteiger partial charge in [-0.25, -0.2) is 4.39 Å². The molecule has 1 amide bonds. The number of likely N-dealkylation sites (tertiary alicyclic amines) is 1. The molecule has 1 aromatic rings. The van der Waals surface area contributed by atoms with Gasteiger partial charge >= 0.3 is 0 Å². The zero-order valence-electron chi connectivity index (χ0n) is 14.3. The van der Waals surface area contributed by atoms with E-state index in [9.17, 15) is 14.3 Å². The Morgan fingerprint density at radius 2 is 1.88 bits per heavy atom. The number of nitrogens with zero attached hydrogens (tertiary/aromatic N) is 2. The summed E-state index contributed by atoms with van der Waals surface area (Å²) in [5, 5.41) is 10.8. The third-order valence-electron chi connectivity index (χ3n) is 4.86. The van der Waals surface area contributed by atoms with Gasteiger partial charge in [0.25, 0.3) is 5.91 Å². The Hall–Kier alpha value is -1.70. The van der Waals surface area contributed by atoms with Gasteiger partial charge < -0.3 is 19.5 Å². The van der Waals surface area contributed by atoms with Gasteiger partial charge in [0.1, 0.15) is 0 Å². The SMILES string of the molecule is O=C(COc1ccccc1F)N1CCC(O)(CN2CCOCC2)CC1. The quantitative estimate of drug-likeness (QED) is 0.853. The van der Waals surface area contributed by atoms with Crippen molar-refractivity contribution in [2.75, 3.05) is 52.5 Å². The highest BCUT2D eigenvalue weighted by molar-refractivity contribution is 5.77. The van der Waals surface area contributed by atoms with Crippen molar-refractivity contribution in [2.45, 2.75) is 18.4 Å². The van der Waals surface area contributed by atoms with Crippen LogP contribution in [0.4, 0.5) is 4.39 Å². The molecule has 2 heterocycles. The van der Waals surface area contributed by atoms with Crippen LogP contribution in [-0.2, 0) is 9.53 Å². The van der Waals surface area contributed by atoms with E-state index in [2.05, 4.69) is 4.90 Å². The molecule has 2 fully saturated rings. The molecule has 6 nitrogen and oxygen atoms in total. The van der Waals surface area contributed by atoms with Crippen molar-refractivity contribution in [3.63, 3.8) is 0 Å². The molecule has 0 bridgehead atoms. The van der Waals surface area contributed by atoms with Crippen LogP contribution in [0.15, 0.2) is 24.3 Å². The van der Waals surface area contributed by atoms with E-state index in [1.54, 1.807) is 17.0 Å². The smallest absolute Gasteiger partial charge is 0.260 e. The van der Waals surface area contributed by atoms with Gasteiger partial charge in [-0.15, -0.1) is 0 Å². The van der Waals surface area contributed by atoms with Gasteiger partial charge in [-0.3, -0.25) is 9.69 Å². The molecule has 25 heavy (non-hydrogen) atoms. The molecule has 0 aliphatic carbocycles. The van der Waals surface area contributed by atoms with E-state index < -0.39 is 11.4 Å². The Labute approximate surface area is 147 Å². The van der Waals surface area contributed by atoms with E-state index in [1.807, 2.05) is 0 Å². The predicted octanol–water partition coefficient (Wildman–Crippen LogP) is 0.890. The van der Waals surface area contributed by atoms with Gasteiger partial charge in [0.2, 0.25) is 0 Å². The second-order valence-corrected chi connectivity index (χ2v) is 6.71. The molecule has 1 aromatic carbocycles. The lowest BCUT2D eigenvalue weighted by atomic mass is 9.90. The maximum atomic E-state index is 13.5. The second kappa shape index (κ2) is 8.12. The highest BCUT2D eigenvalue weighted by atomic mass is 19.1. The number of carbonyl (C=O) groups is 1. The molecular weight excluding hydrogens is 327 g/mol. The molecule has 0 aromatic heterocycles. The number of ether oxygens (including phenoxy) is 2. The highest BCUT2D eigenvalue weighted by Gasteiger charge is 2.35. The van der Waals surface area contributed by atoms with Gasteiger partial charge in [0, 0.05) is 32.7 Å². The molecule has 7 heteroatoms. The summed E-state index contributed by atoms with van der Waals surface area (Å²) in [5.41, 5.74) is -0.763. The predicted molar refractivity (Wildman–Crippen MR) is 89.9 cm³/mol. The highest BCUT2D eigenvalue weighted by Crippen LogP contribution is 2.24. The minimum Gasteiger partial charge on any atom is -0.481 e. The minimum atomic E-state index is -0.763. The van der Waals surface area contributed by atoms with Crippen LogP contribution < -0.4 is 4.74 Å². The first-order valence-corrected chi connectivity index (χ1v) is 8.73. The normalized spacial score (nSPS) is 21.1. The lowest BCUT2D eigenvalue weighted by Crippen LogP contribution is -2.54. The number of hydrogen-bond donors (Lipinski definition) is 1. The van der Waals surface area contributed by atoms with Crippen molar-refractivity contribution in [1.82, 2.24) is 9.80 Å². The van der Waals surface area contributed by atoms with Crippen LogP contribution in [-0.4, -0.2) is 79.0 Å². The molecular formula is C18H25FN2O4. The lowest BCUT2D eigenvalue weighted by Gasteiger charge is -2.41. The fraction of sp³-hybridized carbons (Fsp3) is 0.611. The number of halogens is 1. The van der Waals surface area contributed by atoms with Crippen LogP contribution in [0.25, 0.3) is 0 Å². The Morgan fingerprint density at radius 3 is 2.56 bits per heavy atom. The zero-order valence-corrected chi connectivity index (χ0v) is 14.3. The van der Waals surface area contributed by atoms with Crippen LogP contribution in [0.1, 0.15) is 12.8 Å². The fourth-order valence-electron chi connectivity index (χ4n) is 3.30. The van der Waals surface area contributed by atoms with Crippen LogP contribution in [0.2, 0.25) is 0 Å². The van der Waals surface area contributed by atoms with Gasteiger partial charge in [0.15, 0.2) is 18.2 Å². The van der Waals surface area contributed by atoms with Crippen molar-refractivity contribution < 1.29 is 23.8 Å². The molecule has 0 unspecified atom stereocenters. The van der Waals surface area contributed by atoms with Crippen molar-refractivity contribution in [3.05, 3.63) is 30.1 Å². The molecule has 0 spiro atoms. The number of amides is 1. The molecule has 2 saturated heterocycles. The molecule has 2 aliphatic rings. The summed E-state index contributed by atoms with van der Waals surface area (Å²) in [6.45, 7) is 4.47. The standard InChI is InChI=1S/C18H25FN2O4/c19-15-3-1-2-4-16(15)25-13-17(22)21-7-5-18(23,6-8-21)14-20-9-11-24-12-10-20/h1-4,23H,5-14H2. The molecule has 2 aliphatic heterocycles. The van der Waals surface area contributed by atoms with E-state index in [1.165, 1.54) is 12.1 Å². The number of hydrogen-bond acceptors (Lipinski definition) is 5. The summed E-state index contributed by atoms with van der Waals surface area (Å²) in [7, 11) is 0. The van der Waals surface area contributed by atoms with Gasteiger partial charge in [-0.05, 0) is 25.0 Å². The summed E-state index contributed by atoms with van der Waals surface area (Å²) < 4.78 is 24.1. The van der Waals surface area contributed by atoms with Gasteiger partial charge in [0.05, 0.1) is 18.8 Å². The molecule has 138 valence electrons. The Morgan fingerprint density at radius 1 is 1.20 bits per heavy atom. The number of rotatable bonds is 5. The Balaban J connectivity index is 1.44. The molecule has 0 saturated carbocycles. The van der Waals surface area contributed by atoms with E-state index >= 15 is 0 Å². The van der Waals surface area contributed by atoms with Crippen molar-refractivity contribution in [1.29, 1.82) is 0 Å². The van der Waals surface area contributed by atoms with E-state index in [0.717, 1.165) is 13.1 Å². The number of piperidine rings is 1. The van der Waals surface area contributed by atoms with Crippen molar-refractivity contribution in [2.24, 2.45) is 0 Å². The average molecular weight is 352 g/mol. The molecule has 0 atom stereocenters. The van der Waals surface area contributed by atoms with E-state index in [0.29, 0.717) is 45.7 Å². The van der Waals surface area contributed by atoms with Gasteiger partial charge in [-0.2, -0.15) is 0 Å². The summed E-state index contributed by atoms with van der Waals surface area (Å²) in [4.78, 5) is 16.1. The monoisotopic (exact) mass is 352 g/mol. The number of β-amino-alcohol motifs (C(OH)–C–C–N with tert-alkyl or cyclic N) is 1. The fourth-order valence-corrected chi connectivity index (χ4v) is 3.30. The summed E-state index contributed by atoms with van der Waals surface area (Å²) in [6, 6.07) is 6.03. The first kappa shape index (κ1) is 18.1. The van der Waals surface area contributed by atoms with Crippen LogP contribution >= 0.6 is 0 Å². The maximum Gasteiger partial charge on any atom is 0.260 e. The summed E-state index contributed by atoms with van der Waals surface area (Å²) in [6.07, 6.45) is 1.07. The van der Waals surface area contributed by atoms with Crippen LogP contribution in [0.3, 0.4) is 0 Å².